The van der Waals surface area contributed by atoms with Crippen LogP contribution in [-0.4, -0.2) is 28.1 Å². The van der Waals surface area contributed by atoms with Gasteiger partial charge in [0.2, 0.25) is 0 Å². The van der Waals surface area contributed by atoms with Gasteiger partial charge >= 0.3 is 5.97 Å². The van der Waals surface area contributed by atoms with Crippen molar-refractivity contribution in [3.05, 3.63) is 9.21 Å². The van der Waals surface area contributed by atoms with Gasteiger partial charge in [0.15, 0.2) is 15.8 Å². The molecule has 0 radical (unpaired) electrons. The number of hydrogen-bond acceptors (Lipinski definition) is 4. The van der Waals surface area contributed by atoms with Crippen molar-refractivity contribution in [3.8, 4) is 0 Å². The summed E-state index contributed by atoms with van der Waals surface area (Å²) in [6.45, 7) is 0.0146. The van der Waals surface area contributed by atoms with E-state index in [1.54, 1.807) is 0 Å². The van der Waals surface area contributed by atoms with Gasteiger partial charge < -0.3 is 4.74 Å². The van der Waals surface area contributed by atoms with E-state index in [2.05, 4.69) is 46.8 Å². The van der Waals surface area contributed by atoms with Gasteiger partial charge in [0.1, 0.15) is 0 Å². The minimum absolute atomic E-state index is 0.0146. The molecule has 0 fully saturated rings. The molecule has 1 aromatic heterocycles. The van der Waals surface area contributed by atoms with E-state index in [-0.39, 0.29) is 12.5 Å². The van der Waals surface area contributed by atoms with Crippen molar-refractivity contribution in [2.75, 3.05) is 7.11 Å². The fourth-order valence-electron chi connectivity index (χ4n) is 0.558. The fraction of sp³-hybridized carbons (Fsp3) is 0.400. The summed E-state index contributed by atoms with van der Waals surface area (Å²) < 4.78 is 5.56. The molecule has 5 nitrogen and oxygen atoms in total. The third kappa shape index (κ3) is 2.28. The fourth-order valence-corrected chi connectivity index (χ4v) is 1.08. The molecule has 0 spiro atoms. The van der Waals surface area contributed by atoms with E-state index in [1.807, 2.05) is 0 Å². The molecule has 7 heteroatoms. The number of hydrogen-bond donors (Lipinski definition) is 0. The normalized spacial score (nSPS) is 9.92. The van der Waals surface area contributed by atoms with E-state index in [0.717, 1.165) is 0 Å². The lowest BCUT2D eigenvalue weighted by molar-refractivity contribution is -0.141. The summed E-state index contributed by atoms with van der Waals surface area (Å²) in [5, 5.41) is 7.75. The molecule has 0 amide bonds. The Morgan fingerprint density at radius 3 is 2.42 bits per heavy atom. The van der Waals surface area contributed by atoms with Crippen LogP contribution < -0.4 is 0 Å². The number of rotatable bonds is 2. The molecular formula is C5H5Br2N3O2. The quantitative estimate of drug-likeness (QED) is 0.764. The van der Waals surface area contributed by atoms with Crippen molar-refractivity contribution in [1.29, 1.82) is 0 Å². The first-order valence-electron chi connectivity index (χ1n) is 2.96. The number of carbonyl (C=O) groups is 1. The third-order valence-corrected chi connectivity index (χ3v) is 2.68. The standard InChI is InChI=1S/C5H5Br2N3O2/c1-12-3(11)2-10-8-4(6)5(7)9-10/h2H2,1H3. The smallest absolute Gasteiger partial charge is 0.329 e. The second-order valence-corrected chi connectivity index (χ2v) is 3.39. The van der Waals surface area contributed by atoms with Gasteiger partial charge in [-0.1, -0.05) is 0 Å². The Hall–Kier alpha value is -0.430. The van der Waals surface area contributed by atoms with Crippen molar-refractivity contribution in [2.45, 2.75) is 6.54 Å². The van der Waals surface area contributed by atoms with Crippen molar-refractivity contribution in [3.63, 3.8) is 0 Å². The maximum atomic E-state index is 10.7. The first kappa shape index (κ1) is 9.66. The Kier molecular flexibility index (Phi) is 3.21. The average molecular weight is 299 g/mol. The Labute approximate surface area is 85.3 Å². The predicted octanol–water partition coefficient (Wildman–Crippen LogP) is 0.976. The van der Waals surface area contributed by atoms with Crippen LogP contribution in [-0.2, 0) is 16.1 Å². The number of aromatic nitrogens is 3. The highest BCUT2D eigenvalue weighted by Gasteiger charge is 2.08. The van der Waals surface area contributed by atoms with Crippen LogP contribution in [0, 0.1) is 0 Å². The van der Waals surface area contributed by atoms with E-state index in [9.17, 15) is 4.79 Å². The summed E-state index contributed by atoms with van der Waals surface area (Å²) in [5.41, 5.74) is 0. The van der Waals surface area contributed by atoms with E-state index in [4.69, 9.17) is 0 Å². The Bertz CT molecular complexity index is 279. The number of ether oxygens (including phenoxy) is 1. The minimum Gasteiger partial charge on any atom is -0.468 e. The zero-order valence-corrected chi connectivity index (χ0v) is 9.29. The number of carbonyl (C=O) groups excluding carboxylic acids is 1. The van der Waals surface area contributed by atoms with Gasteiger partial charge in [-0.3, -0.25) is 0 Å². The molecule has 0 aliphatic carbocycles. The number of methoxy groups -OCH3 is 1. The third-order valence-electron chi connectivity index (χ3n) is 1.07. The molecule has 1 aromatic rings. The summed E-state index contributed by atoms with van der Waals surface area (Å²) in [6, 6.07) is 0. The van der Waals surface area contributed by atoms with E-state index in [1.165, 1.54) is 11.9 Å². The summed E-state index contributed by atoms with van der Waals surface area (Å²) >= 11 is 6.27. The van der Waals surface area contributed by atoms with Gasteiger partial charge in [-0.25, -0.2) is 4.79 Å². The summed E-state index contributed by atoms with van der Waals surface area (Å²) in [5.74, 6) is -0.384. The van der Waals surface area contributed by atoms with Gasteiger partial charge in [0.05, 0.1) is 7.11 Å². The molecule has 1 rings (SSSR count). The summed E-state index contributed by atoms with van der Waals surface area (Å²) in [4.78, 5) is 12.0. The average Bonchev–Trinajstić information content (AvgIpc) is 2.31. The van der Waals surface area contributed by atoms with Crippen LogP contribution in [0.25, 0.3) is 0 Å². The van der Waals surface area contributed by atoms with Crippen molar-refractivity contribution in [1.82, 2.24) is 15.0 Å². The SMILES string of the molecule is COC(=O)Cn1nc(Br)c(Br)n1. The zero-order valence-electron chi connectivity index (χ0n) is 6.12. The van der Waals surface area contributed by atoms with Gasteiger partial charge in [0.25, 0.3) is 0 Å². The molecule has 0 aliphatic heterocycles. The summed E-state index contributed by atoms with van der Waals surface area (Å²) in [7, 11) is 1.32. The lowest BCUT2D eigenvalue weighted by Crippen LogP contribution is -2.13. The Balaban J connectivity index is 2.70. The number of nitrogens with zero attached hydrogens (tertiary/aromatic N) is 3. The van der Waals surface area contributed by atoms with Crippen LogP contribution in [0.4, 0.5) is 0 Å². The van der Waals surface area contributed by atoms with Gasteiger partial charge in [-0.15, -0.1) is 10.2 Å². The Morgan fingerprint density at radius 1 is 1.50 bits per heavy atom. The molecule has 0 unspecified atom stereocenters. The molecule has 0 saturated heterocycles. The molecule has 1 heterocycles. The van der Waals surface area contributed by atoms with Crippen LogP contribution in [0.2, 0.25) is 0 Å². The highest BCUT2D eigenvalue weighted by molar-refractivity contribution is 9.13. The zero-order chi connectivity index (χ0) is 9.14. The van der Waals surface area contributed by atoms with E-state index in [0.29, 0.717) is 9.21 Å². The van der Waals surface area contributed by atoms with Crippen molar-refractivity contribution in [2.24, 2.45) is 0 Å². The molecule has 0 atom stereocenters. The van der Waals surface area contributed by atoms with Crippen LogP contribution in [0.1, 0.15) is 0 Å². The number of halogens is 2. The first-order chi connectivity index (χ1) is 5.63. The van der Waals surface area contributed by atoms with Crippen LogP contribution in [0.5, 0.6) is 0 Å². The van der Waals surface area contributed by atoms with Gasteiger partial charge in [-0.2, -0.15) is 4.80 Å². The van der Waals surface area contributed by atoms with Crippen LogP contribution >= 0.6 is 31.9 Å². The molecule has 0 aromatic carbocycles. The number of esters is 1. The molecule has 12 heavy (non-hydrogen) atoms. The highest BCUT2D eigenvalue weighted by atomic mass is 79.9. The largest absolute Gasteiger partial charge is 0.468 e. The molecule has 66 valence electrons. The van der Waals surface area contributed by atoms with Crippen molar-refractivity contribution < 1.29 is 9.53 Å². The van der Waals surface area contributed by atoms with E-state index >= 15 is 0 Å². The first-order valence-corrected chi connectivity index (χ1v) is 4.55. The maximum Gasteiger partial charge on any atom is 0.329 e. The lowest BCUT2D eigenvalue weighted by atomic mass is 10.7. The van der Waals surface area contributed by atoms with Gasteiger partial charge in [-0.05, 0) is 31.9 Å². The minimum atomic E-state index is -0.384. The predicted molar refractivity (Wildman–Crippen MR) is 47.4 cm³/mol. The lowest BCUT2D eigenvalue weighted by Gasteiger charge is -1.95. The van der Waals surface area contributed by atoms with Crippen molar-refractivity contribution >= 4 is 37.8 Å². The second-order valence-electron chi connectivity index (χ2n) is 1.89. The van der Waals surface area contributed by atoms with Gasteiger partial charge in [0, 0.05) is 0 Å². The highest BCUT2D eigenvalue weighted by Crippen LogP contribution is 2.16. The summed E-state index contributed by atoms with van der Waals surface area (Å²) in [6.07, 6.45) is 0. The monoisotopic (exact) mass is 297 g/mol. The van der Waals surface area contributed by atoms with Crippen LogP contribution in [0.3, 0.4) is 0 Å². The topological polar surface area (TPSA) is 57.0 Å². The van der Waals surface area contributed by atoms with Crippen LogP contribution in [0.15, 0.2) is 9.21 Å². The molecule has 0 saturated carbocycles. The Morgan fingerprint density at radius 2 is 2.00 bits per heavy atom. The molecule has 0 aliphatic rings. The maximum absolute atomic E-state index is 10.7. The molecule has 0 bridgehead atoms. The molecule has 0 N–H and O–H groups in total. The molecular weight excluding hydrogens is 294 g/mol. The second kappa shape index (κ2) is 3.99. The van der Waals surface area contributed by atoms with E-state index < -0.39 is 0 Å².